The monoisotopic (exact) mass is 344 g/mol. The highest BCUT2D eigenvalue weighted by Gasteiger charge is 2.34. The van der Waals surface area contributed by atoms with Gasteiger partial charge in [-0.3, -0.25) is 4.79 Å². The van der Waals surface area contributed by atoms with Gasteiger partial charge in [-0.1, -0.05) is 6.42 Å². The van der Waals surface area contributed by atoms with E-state index in [9.17, 15) is 4.79 Å². The number of aryl methyl sites for hydroxylation is 2. The maximum Gasteiger partial charge on any atom is 0.223 e. The molecule has 0 saturated carbocycles. The highest BCUT2D eigenvalue weighted by atomic mass is 32.1. The van der Waals surface area contributed by atoms with Crippen molar-refractivity contribution >= 4 is 17.2 Å². The minimum atomic E-state index is 0.124. The Kier molecular flexibility index (Phi) is 4.65. The van der Waals surface area contributed by atoms with Gasteiger partial charge in [0, 0.05) is 25.9 Å². The van der Waals surface area contributed by atoms with Crippen LogP contribution in [-0.4, -0.2) is 32.1 Å². The van der Waals surface area contributed by atoms with Gasteiger partial charge in [-0.25, -0.2) is 0 Å². The first kappa shape index (κ1) is 15.8. The van der Waals surface area contributed by atoms with E-state index in [2.05, 4.69) is 36.5 Å². The number of thiophene rings is 1. The number of carbonyl (C=O) groups is 1. The molecule has 0 spiro atoms. The molecule has 2 aromatic heterocycles. The third-order valence-electron chi connectivity index (χ3n) is 5.22. The number of nitrogens with zero attached hydrogens (tertiary/aromatic N) is 4. The Morgan fingerprint density at radius 3 is 3.04 bits per heavy atom. The summed E-state index contributed by atoms with van der Waals surface area (Å²) in [6.07, 6.45) is 8.18. The second-order valence-electron chi connectivity index (χ2n) is 6.81. The molecule has 1 fully saturated rings. The number of carbonyl (C=O) groups excluding carboxylic acids is 1. The van der Waals surface area contributed by atoms with Gasteiger partial charge in [0.25, 0.3) is 0 Å². The van der Waals surface area contributed by atoms with Crippen LogP contribution in [0.2, 0.25) is 0 Å². The molecule has 5 nitrogen and oxygen atoms in total. The van der Waals surface area contributed by atoms with Crippen LogP contribution < -0.4 is 0 Å². The van der Waals surface area contributed by atoms with Crippen molar-refractivity contribution in [3.63, 3.8) is 0 Å². The highest BCUT2D eigenvalue weighted by Crippen LogP contribution is 2.33. The molecule has 0 N–H and O–H groups in total. The molecule has 2 aliphatic heterocycles. The first-order chi connectivity index (χ1) is 11.8. The molecule has 24 heavy (non-hydrogen) atoms. The largest absolute Gasteiger partial charge is 0.332 e. The lowest BCUT2D eigenvalue weighted by Crippen LogP contribution is -2.32. The van der Waals surface area contributed by atoms with Gasteiger partial charge in [0.1, 0.15) is 5.82 Å². The van der Waals surface area contributed by atoms with Gasteiger partial charge in [-0.2, -0.15) is 11.3 Å². The van der Waals surface area contributed by atoms with Gasteiger partial charge in [-0.05, 0) is 54.5 Å². The normalized spacial score (nSPS) is 20.8. The molecule has 0 aromatic carbocycles. The Hall–Kier alpha value is -1.69. The summed E-state index contributed by atoms with van der Waals surface area (Å²) in [5.41, 5.74) is 1.26. The number of fused-ring (bicyclic) bond motifs is 1. The molecular formula is C18H24N4OS. The van der Waals surface area contributed by atoms with E-state index in [1.54, 1.807) is 11.3 Å². The zero-order valence-electron chi connectivity index (χ0n) is 14.0. The van der Waals surface area contributed by atoms with Crippen LogP contribution in [0.4, 0.5) is 0 Å². The number of hydrogen-bond acceptors (Lipinski definition) is 4. The van der Waals surface area contributed by atoms with Crippen molar-refractivity contribution in [1.82, 2.24) is 19.7 Å². The van der Waals surface area contributed by atoms with E-state index in [0.29, 0.717) is 6.42 Å². The summed E-state index contributed by atoms with van der Waals surface area (Å²) >= 11 is 1.69. The first-order valence-electron chi connectivity index (χ1n) is 9.05. The van der Waals surface area contributed by atoms with Crippen molar-refractivity contribution in [3.05, 3.63) is 34.0 Å². The highest BCUT2D eigenvalue weighted by molar-refractivity contribution is 7.07. The van der Waals surface area contributed by atoms with Gasteiger partial charge < -0.3 is 9.47 Å². The number of rotatable bonds is 4. The third-order valence-corrected chi connectivity index (χ3v) is 5.95. The van der Waals surface area contributed by atoms with Gasteiger partial charge in [-0.15, -0.1) is 10.2 Å². The maximum absolute atomic E-state index is 12.8. The molecule has 0 unspecified atom stereocenters. The molecule has 2 aromatic rings. The van der Waals surface area contributed by atoms with Crippen LogP contribution in [0, 0.1) is 0 Å². The molecule has 2 aliphatic rings. The fourth-order valence-electron chi connectivity index (χ4n) is 3.92. The zero-order valence-corrected chi connectivity index (χ0v) is 14.8. The van der Waals surface area contributed by atoms with Crippen molar-refractivity contribution in [2.75, 3.05) is 6.54 Å². The van der Waals surface area contributed by atoms with E-state index >= 15 is 0 Å². The van der Waals surface area contributed by atoms with E-state index < -0.39 is 0 Å². The summed E-state index contributed by atoms with van der Waals surface area (Å²) < 4.78 is 2.29. The molecule has 0 bridgehead atoms. The van der Waals surface area contributed by atoms with Crippen molar-refractivity contribution in [1.29, 1.82) is 0 Å². The molecule has 0 radical (unpaired) electrons. The number of likely N-dealkylation sites (tertiary alicyclic amines) is 1. The Morgan fingerprint density at radius 1 is 1.21 bits per heavy atom. The third kappa shape index (κ3) is 3.11. The summed E-state index contributed by atoms with van der Waals surface area (Å²) in [5, 5.41) is 13.1. The van der Waals surface area contributed by atoms with Crippen molar-refractivity contribution in [3.8, 4) is 0 Å². The Bertz CT molecular complexity index is 694. The molecule has 1 saturated heterocycles. The van der Waals surface area contributed by atoms with E-state index in [1.165, 1.54) is 24.8 Å². The Labute approximate surface area is 146 Å². The summed E-state index contributed by atoms with van der Waals surface area (Å²) in [7, 11) is 0. The summed E-state index contributed by atoms with van der Waals surface area (Å²) in [6, 6.07) is 2.23. The Morgan fingerprint density at radius 2 is 2.17 bits per heavy atom. The molecule has 0 aliphatic carbocycles. The van der Waals surface area contributed by atoms with Crippen molar-refractivity contribution in [2.24, 2.45) is 0 Å². The van der Waals surface area contributed by atoms with Crippen LogP contribution in [0.25, 0.3) is 0 Å². The van der Waals surface area contributed by atoms with Crippen LogP contribution in [0.3, 0.4) is 0 Å². The topological polar surface area (TPSA) is 51.0 Å². The van der Waals surface area contributed by atoms with E-state index in [-0.39, 0.29) is 11.9 Å². The average molecular weight is 344 g/mol. The number of amides is 1. The average Bonchev–Trinajstić information content (AvgIpc) is 3.31. The molecule has 4 rings (SSSR count). The molecular weight excluding hydrogens is 320 g/mol. The van der Waals surface area contributed by atoms with Crippen molar-refractivity contribution in [2.45, 2.75) is 64.0 Å². The van der Waals surface area contributed by atoms with Crippen LogP contribution in [0.1, 0.15) is 61.8 Å². The van der Waals surface area contributed by atoms with Gasteiger partial charge in [0.05, 0.1) is 6.04 Å². The van der Waals surface area contributed by atoms with Crippen molar-refractivity contribution < 1.29 is 4.79 Å². The standard InChI is InChI=1S/C18H24N4OS/c23-17(8-7-14-9-12-24-13-14)21-11-4-5-15(21)18-20-19-16-6-2-1-3-10-22(16)18/h9,12-13,15H,1-8,10-11H2/t15-/m0/s1. The van der Waals surface area contributed by atoms with Gasteiger partial charge >= 0.3 is 0 Å². The lowest BCUT2D eigenvalue weighted by molar-refractivity contribution is -0.132. The predicted octanol–water partition coefficient (Wildman–Crippen LogP) is 3.36. The second kappa shape index (κ2) is 7.05. The minimum absolute atomic E-state index is 0.124. The first-order valence-corrected chi connectivity index (χ1v) is 10.00. The summed E-state index contributed by atoms with van der Waals surface area (Å²) in [5.74, 6) is 2.39. The van der Waals surface area contributed by atoms with E-state index in [4.69, 9.17) is 0 Å². The van der Waals surface area contributed by atoms with Crippen LogP contribution in [-0.2, 0) is 24.2 Å². The lowest BCUT2D eigenvalue weighted by atomic mass is 10.1. The van der Waals surface area contributed by atoms with Gasteiger partial charge in [0.2, 0.25) is 5.91 Å². The second-order valence-corrected chi connectivity index (χ2v) is 7.59. The number of aromatic nitrogens is 3. The molecule has 1 amide bonds. The summed E-state index contributed by atoms with van der Waals surface area (Å²) in [6.45, 7) is 1.86. The molecule has 1 atom stereocenters. The maximum atomic E-state index is 12.8. The lowest BCUT2D eigenvalue weighted by Gasteiger charge is -2.24. The minimum Gasteiger partial charge on any atom is -0.332 e. The number of hydrogen-bond donors (Lipinski definition) is 0. The van der Waals surface area contributed by atoms with Crippen LogP contribution >= 0.6 is 11.3 Å². The molecule has 4 heterocycles. The fourth-order valence-corrected chi connectivity index (χ4v) is 4.62. The fraction of sp³-hybridized carbons (Fsp3) is 0.611. The molecule has 128 valence electrons. The molecule has 6 heteroatoms. The van der Waals surface area contributed by atoms with E-state index in [0.717, 1.165) is 50.4 Å². The van der Waals surface area contributed by atoms with Crippen LogP contribution in [0.15, 0.2) is 16.8 Å². The Balaban J connectivity index is 1.48. The summed E-state index contributed by atoms with van der Waals surface area (Å²) in [4.78, 5) is 14.8. The van der Waals surface area contributed by atoms with Crippen LogP contribution in [0.5, 0.6) is 0 Å². The van der Waals surface area contributed by atoms with Gasteiger partial charge in [0.15, 0.2) is 5.82 Å². The predicted molar refractivity (Wildman–Crippen MR) is 93.9 cm³/mol. The SMILES string of the molecule is O=C(CCc1ccsc1)N1CCC[C@H]1c1nnc2n1CCCCC2. The van der Waals surface area contributed by atoms with E-state index in [1.807, 2.05) is 0 Å². The quantitative estimate of drug-likeness (QED) is 0.854. The smallest absolute Gasteiger partial charge is 0.223 e. The zero-order chi connectivity index (χ0) is 16.4.